The van der Waals surface area contributed by atoms with E-state index >= 15 is 0 Å². The molecule has 2 saturated heterocycles. The van der Waals surface area contributed by atoms with Gasteiger partial charge in [0.1, 0.15) is 21.6 Å². The molecule has 0 atom stereocenters. The summed E-state index contributed by atoms with van der Waals surface area (Å²) in [5, 5.41) is 0. The van der Waals surface area contributed by atoms with E-state index in [1.54, 1.807) is 29.3 Å². The Bertz CT molecular complexity index is 1500. The van der Waals surface area contributed by atoms with E-state index in [2.05, 4.69) is 0 Å². The van der Waals surface area contributed by atoms with Gasteiger partial charge in [-0.1, -0.05) is 42.2 Å². The molecule has 1 aromatic carbocycles. The predicted octanol–water partition coefficient (Wildman–Crippen LogP) is 4.10. The number of nitrogens with zero attached hydrogens (tertiary/aromatic N) is 5. The van der Waals surface area contributed by atoms with Crippen LogP contribution >= 0.6 is 24.0 Å². The number of fused-ring (bicyclic) bond motifs is 1. The lowest BCUT2D eigenvalue weighted by Crippen LogP contribution is -2.47. The van der Waals surface area contributed by atoms with Crippen LogP contribution < -0.4 is 15.4 Å². The van der Waals surface area contributed by atoms with Gasteiger partial charge < -0.3 is 14.5 Å². The Kier molecular flexibility index (Phi) is 8.29. The van der Waals surface area contributed by atoms with Crippen LogP contribution in [0.25, 0.3) is 11.7 Å². The molecule has 2 aliphatic heterocycles. The van der Waals surface area contributed by atoms with Gasteiger partial charge in [-0.2, -0.15) is 0 Å². The lowest BCUT2D eigenvalue weighted by Gasteiger charge is -2.37. The summed E-state index contributed by atoms with van der Waals surface area (Å²) in [6.45, 7) is 7.69. The number of anilines is 2. The topological polar surface area (TPSA) is 70.4 Å². The van der Waals surface area contributed by atoms with Gasteiger partial charge in [0, 0.05) is 52.1 Å². The molecule has 2 aliphatic rings. The highest BCUT2D eigenvalue weighted by Crippen LogP contribution is 2.34. The summed E-state index contributed by atoms with van der Waals surface area (Å²) < 4.78 is 21.8. The summed E-state index contributed by atoms with van der Waals surface area (Å²) in [6, 6.07) is 10.5. The largest absolute Gasteiger partial charge is 0.382 e. The number of hydrogen-bond acceptors (Lipinski definition) is 8. The number of hydrogen-bond donors (Lipinski definition) is 0. The summed E-state index contributed by atoms with van der Waals surface area (Å²) in [4.78, 5) is 37.9. The van der Waals surface area contributed by atoms with Crippen LogP contribution in [0.5, 0.6) is 0 Å². The number of halogens is 1. The van der Waals surface area contributed by atoms with Crippen LogP contribution in [0.4, 0.5) is 15.9 Å². The zero-order valence-corrected chi connectivity index (χ0v) is 23.6. The minimum atomic E-state index is -0.257. The Morgan fingerprint density at radius 3 is 2.59 bits per heavy atom. The van der Waals surface area contributed by atoms with Gasteiger partial charge in [0.2, 0.25) is 0 Å². The Balaban J connectivity index is 1.47. The minimum Gasteiger partial charge on any atom is -0.382 e. The van der Waals surface area contributed by atoms with Gasteiger partial charge in [0.15, 0.2) is 0 Å². The number of amides is 1. The fraction of sp³-hybridized carbons (Fsp3) is 0.357. The summed E-state index contributed by atoms with van der Waals surface area (Å²) >= 11 is 6.68. The molecule has 0 spiro atoms. The number of pyridine rings is 1. The second-order valence-electron chi connectivity index (χ2n) is 9.40. The first kappa shape index (κ1) is 27.3. The van der Waals surface area contributed by atoms with Gasteiger partial charge in [-0.05, 0) is 50.1 Å². The molecule has 2 aromatic heterocycles. The van der Waals surface area contributed by atoms with Gasteiger partial charge in [0.05, 0.1) is 16.2 Å². The summed E-state index contributed by atoms with van der Waals surface area (Å²) in [5.74, 6) is 0.0385. The summed E-state index contributed by atoms with van der Waals surface area (Å²) in [6.07, 6.45) is 4.05. The summed E-state index contributed by atoms with van der Waals surface area (Å²) in [5.41, 5.74) is 2.10. The molecule has 39 heavy (non-hydrogen) atoms. The number of thiocarbonyl (C=S) groups is 1. The second-order valence-corrected chi connectivity index (χ2v) is 11.1. The monoisotopic (exact) mass is 567 g/mol. The first-order chi connectivity index (χ1) is 18.9. The highest BCUT2D eigenvalue weighted by molar-refractivity contribution is 8.26. The standard InChI is InChI=1S/C28H30FN5O3S2/c1-3-37-16-6-11-33-27(36)23(39-28(33)38)17-20-25(30-24-10-9-19(2)18-34(24)26(20)35)32-14-12-31(13-15-32)22-8-5-4-7-21(22)29/h4-5,7-10,17-18H,3,6,11-16H2,1-2H3/b23-17-. The number of aromatic nitrogens is 2. The molecule has 0 aliphatic carbocycles. The molecule has 204 valence electrons. The maximum atomic E-state index is 14.4. The first-order valence-corrected chi connectivity index (χ1v) is 14.2. The van der Waals surface area contributed by atoms with Gasteiger partial charge in [-0.25, -0.2) is 9.37 Å². The molecule has 0 saturated carbocycles. The zero-order valence-electron chi connectivity index (χ0n) is 21.9. The quantitative estimate of drug-likeness (QED) is 0.229. The van der Waals surface area contributed by atoms with Crippen molar-refractivity contribution in [3.8, 4) is 0 Å². The van der Waals surface area contributed by atoms with E-state index in [0.717, 1.165) is 5.56 Å². The molecule has 8 nitrogen and oxygen atoms in total. The molecule has 3 aromatic rings. The van der Waals surface area contributed by atoms with Gasteiger partial charge in [0.25, 0.3) is 11.5 Å². The number of carbonyl (C=O) groups excluding carboxylic acids is 1. The molecule has 0 unspecified atom stereocenters. The molecular formula is C28H30FN5O3S2. The maximum absolute atomic E-state index is 14.4. The van der Waals surface area contributed by atoms with Crippen molar-refractivity contribution in [3.05, 3.63) is 74.8 Å². The molecule has 4 heterocycles. The fourth-order valence-corrected chi connectivity index (χ4v) is 6.06. The SMILES string of the molecule is CCOCCCN1C(=O)/C(=C/c2c(N3CCN(c4ccccc4F)CC3)nc3ccc(C)cn3c2=O)SC1=S. The molecule has 0 radical (unpaired) electrons. The van der Waals surface area contributed by atoms with Crippen LogP contribution in [0, 0.1) is 12.7 Å². The average Bonchev–Trinajstić information content (AvgIpc) is 3.20. The second kappa shape index (κ2) is 11.8. The maximum Gasteiger partial charge on any atom is 0.267 e. The third-order valence-corrected chi connectivity index (χ3v) is 8.16. The van der Waals surface area contributed by atoms with Crippen LogP contribution in [0.3, 0.4) is 0 Å². The molecule has 11 heteroatoms. The molecular weight excluding hydrogens is 537 g/mol. The van der Waals surface area contributed by atoms with E-state index in [-0.39, 0.29) is 17.3 Å². The minimum absolute atomic E-state index is 0.217. The number of thioether (sulfide) groups is 1. The molecule has 1 amide bonds. The highest BCUT2D eigenvalue weighted by Gasteiger charge is 2.33. The molecule has 0 N–H and O–H groups in total. The molecule has 0 bridgehead atoms. The van der Waals surface area contributed by atoms with Crippen molar-refractivity contribution >= 4 is 57.4 Å². The van der Waals surface area contributed by atoms with E-state index in [4.69, 9.17) is 21.9 Å². The van der Waals surface area contributed by atoms with Gasteiger partial charge in [-0.15, -0.1) is 0 Å². The van der Waals surface area contributed by atoms with Crippen LogP contribution in [0.2, 0.25) is 0 Å². The number of aryl methyl sites for hydroxylation is 1. The highest BCUT2D eigenvalue weighted by atomic mass is 32.2. The number of para-hydroxylation sites is 1. The number of carbonyl (C=O) groups is 1. The van der Waals surface area contributed by atoms with Crippen molar-refractivity contribution in [3.63, 3.8) is 0 Å². The Morgan fingerprint density at radius 2 is 1.85 bits per heavy atom. The van der Waals surface area contributed by atoms with Crippen LogP contribution in [-0.2, 0) is 9.53 Å². The average molecular weight is 568 g/mol. The van der Waals surface area contributed by atoms with E-state index in [0.29, 0.717) is 84.3 Å². The summed E-state index contributed by atoms with van der Waals surface area (Å²) in [7, 11) is 0. The number of piperazine rings is 1. The Hall–Kier alpha value is -3.28. The first-order valence-electron chi connectivity index (χ1n) is 13.0. The third kappa shape index (κ3) is 5.70. The van der Waals surface area contributed by atoms with Gasteiger partial charge in [-0.3, -0.25) is 18.9 Å². The lowest BCUT2D eigenvalue weighted by molar-refractivity contribution is -0.122. The van der Waals surface area contributed by atoms with E-state index in [1.807, 2.05) is 41.8 Å². The zero-order chi connectivity index (χ0) is 27.5. The lowest BCUT2D eigenvalue weighted by atomic mass is 10.2. The van der Waals surface area contributed by atoms with Crippen molar-refractivity contribution in [2.45, 2.75) is 20.3 Å². The van der Waals surface area contributed by atoms with Crippen LogP contribution in [0.1, 0.15) is 24.5 Å². The third-order valence-electron chi connectivity index (χ3n) is 6.78. The number of benzene rings is 1. The number of ether oxygens (including phenoxy) is 1. The Labute approximate surface area is 236 Å². The van der Waals surface area contributed by atoms with Crippen molar-refractivity contribution in [1.82, 2.24) is 14.3 Å². The van der Waals surface area contributed by atoms with E-state index in [1.165, 1.54) is 22.2 Å². The normalized spacial score (nSPS) is 17.2. The van der Waals surface area contributed by atoms with Crippen molar-refractivity contribution in [2.24, 2.45) is 0 Å². The smallest absolute Gasteiger partial charge is 0.267 e. The molecule has 5 rings (SSSR count). The van der Waals surface area contributed by atoms with E-state index < -0.39 is 0 Å². The van der Waals surface area contributed by atoms with E-state index in [9.17, 15) is 14.0 Å². The molecule has 2 fully saturated rings. The number of rotatable bonds is 8. The van der Waals surface area contributed by atoms with Crippen LogP contribution in [-0.4, -0.2) is 70.4 Å². The van der Waals surface area contributed by atoms with Crippen molar-refractivity contribution in [1.29, 1.82) is 0 Å². The predicted molar refractivity (Wildman–Crippen MR) is 158 cm³/mol. The van der Waals surface area contributed by atoms with Gasteiger partial charge >= 0.3 is 0 Å². The van der Waals surface area contributed by atoms with Crippen molar-refractivity contribution in [2.75, 3.05) is 55.7 Å². The Morgan fingerprint density at radius 1 is 1.10 bits per heavy atom. The fourth-order valence-electron chi connectivity index (χ4n) is 4.77. The van der Waals surface area contributed by atoms with Crippen molar-refractivity contribution < 1.29 is 13.9 Å². The van der Waals surface area contributed by atoms with Crippen LogP contribution in [0.15, 0.2) is 52.3 Å².